The monoisotopic (exact) mass is 484 g/mol. The van der Waals surface area contributed by atoms with Crippen molar-refractivity contribution in [3.8, 4) is 0 Å². The standard InChI is InChI=1S/C15H9IN4O3S2/c16-9-3-1-2-8(6-9)13(21)18-14(24)19-15-17-11-5-4-10(20(22)23)7-12(11)25-15/h1-7H,(H2,17,18,19,21,24). The van der Waals surface area contributed by atoms with Crippen molar-refractivity contribution in [3.63, 3.8) is 0 Å². The zero-order chi connectivity index (χ0) is 18.0. The second-order valence-electron chi connectivity index (χ2n) is 4.85. The van der Waals surface area contributed by atoms with E-state index < -0.39 is 4.92 Å². The summed E-state index contributed by atoms with van der Waals surface area (Å²) in [7, 11) is 0. The molecule has 0 unspecified atom stereocenters. The molecule has 0 aliphatic rings. The lowest BCUT2D eigenvalue weighted by molar-refractivity contribution is -0.384. The van der Waals surface area contributed by atoms with Gasteiger partial charge in [-0.05, 0) is 59.1 Å². The number of thiocarbonyl (C=S) groups is 1. The highest BCUT2D eigenvalue weighted by atomic mass is 127. The van der Waals surface area contributed by atoms with E-state index >= 15 is 0 Å². The number of aromatic nitrogens is 1. The van der Waals surface area contributed by atoms with E-state index in [1.807, 2.05) is 6.07 Å². The molecule has 126 valence electrons. The maximum absolute atomic E-state index is 12.2. The van der Waals surface area contributed by atoms with E-state index in [0.717, 1.165) is 3.57 Å². The Labute approximate surface area is 164 Å². The molecule has 3 rings (SSSR count). The van der Waals surface area contributed by atoms with Gasteiger partial charge < -0.3 is 5.32 Å². The van der Waals surface area contributed by atoms with Gasteiger partial charge in [0, 0.05) is 21.3 Å². The summed E-state index contributed by atoms with van der Waals surface area (Å²) in [5.74, 6) is -0.326. The normalized spacial score (nSPS) is 10.4. The number of nitro groups is 1. The number of nitrogens with zero attached hydrogens (tertiary/aromatic N) is 2. The number of hydrogen-bond donors (Lipinski definition) is 2. The third-order valence-electron chi connectivity index (χ3n) is 3.12. The highest BCUT2D eigenvalue weighted by Gasteiger charge is 2.12. The van der Waals surface area contributed by atoms with Gasteiger partial charge in [0.2, 0.25) is 0 Å². The van der Waals surface area contributed by atoms with E-state index in [1.165, 1.54) is 23.5 Å². The van der Waals surface area contributed by atoms with Crippen LogP contribution in [0.4, 0.5) is 10.8 Å². The Balaban J connectivity index is 1.71. The molecule has 0 aliphatic carbocycles. The molecule has 1 heterocycles. The number of nitro benzene ring substituents is 1. The predicted molar refractivity (Wildman–Crippen MR) is 109 cm³/mol. The van der Waals surface area contributed by atoms with Gasteiger partial charge in [0.05, 0.1) is 15.1 Å². The molecule has 0 aliphatic heterocycles. The van der Waals surface area contributed by atoms with Gasteiger partial charge in [0.25, 0.3) is 11.6 Å². The molecule has 10 heteroatoms. The van der Waals surface area contributed by atoms with Crippen molar-refractivity contribution in [1.82, 2.24) is 10.3 Å². The first-order chi connectivity index (χ1) is 11.9. The topological polar surface area (TPSA) is 97.2 Å². The molecular formula is C15H9IN4O3S2. The third kappa shape index (κ3) is 4.27. The number of halogens is 1. The molecule has 0 saturated heterocycles. The van der Waals surface area contributed by atoms with Crippen LogP contribution >= 0.6 is 46.1 Å². The van der Waals surface area contributed by atoms with Crippen LogP contribution in [0.2, 0.25) is 0 Å². The predicted octanol–water partition coefficient (Wildman–Crippen LogP) is 3.94. The minimum absolute atomic E-state index is 0.00254. The van der Waals surface area contributed by atoms with Gasteiger partial charge >= 0.3 is 0 Å². The quantitative estimate of drug-likeness (QED) is 0.253. The molecule has 0 bridgehead atoms. The summed E-state index contributed by atoms with van der Waals surface area (Å²) < 4.78 is 1.60. The highest BCUT2D eigenvalue weighted by molar-refractivity contribution is 14.1. The Bertz CT molecular complexity index is 1010. The number of hydrogen-bond acceptors (Lipinski definition) is 6. The van der Waals surface area contributed by atoms with Crippen molar-refractivity contribution in [2.45, 2.75) is 0 Å². The van der Waals surface area contributed by atoms with Crippen LogP contribution < -0.4 is 10.6 Å². The number of non-ortho nitro benzene ring substituents is 1. The Kier molecular flexibility index (Phi) is 5.20. The van der Waals surface area contributed by atoms with E-state index in [2.05, 4.69) is 38.2 Å². The zero-order valence-corrected chi connectivity index (χ0v) is 16.1. The van der Waals surface area contributed by atoms with E-state index in [0.29, 0.717) is 20.9 Å². The number of anilines is 1. The average molecular weight is 484 g/mol. The van der Waals surface area contributed by atoms with Crippen molar-refractivity contribution in [2.24, 2.45) is 0 Å². The number of rotatable bonds is 3. The third-order valence-corrected chi connectivity index (χ3v) is 4.93. The van der Waals surface area contributed by atoms with Crippen LogP contribution in [0.15, 0.2) is 42.5 Å². The fraction of sp³-hybridized carbons (Fsp3) is 0. The number of amides is 1. The van der Waals surface area contributed by atoms with Gasteiger partial charge in [-0.25, -0.2) is 4.98 Å². The van der Waals surface area contributed by atoms with Crippen molar-refractivity contribution in [3.05, 3.63) is 61.7 Å². The van der Waals surface area contributed by atoms with Crippen LogP contribution in [0.25, 0.3) is 10.2 Å². The van der Waals surface area contributed by atoms with E-state index in [9.17, 15) is 14.9 Å². The SMILES string of the molecule is O=C(NC(=S)Nc1nc2ccc([N+](=O)[O-])cc2s1)c1cccc(I)c1. The molecule has 25 heavy (non-hydrogen) atoms. The number of carbonyl (C=O) groups excluding carboxylic acids is 1. The molecule has 0 atom stereocenters. The van der Waals surface area contributed by atoms with Gasteiger partial charge in [0.1, 0.15) is 0 Å². The van der Waals surface area contributed by atoms with E-state index in [4.69, 9.17) is 12.2 Å². The Morgan fingerprint density at radius 1 is 1.28 bits per heavy atom. The Morgan fingerprint density at radius 2 is 2.08 bits per heavy atom. The maximum Gasteiger partial charge on any atom is 0.270 e. The smallest absolute Gasteiger partial charge is 0.270 e. The van der Waals surface area contributed by atoms with Gasteiger partial charge in [-0.2, -0.15) is 0 Å². The number of fused-ring (bicyclic) bond motifs is 1. The number of carbonyl (C=O) groups is 1. The number of benzene rings is 2. The van der Waals surface area contributed by atoms with Crippen molar-refractivity contribution in [1.29, 1.82) is 0 Å². The Hall–Kier alpha value is -2.18. The summed E-state index contributed by atoms with van der Waals surface area (Å²) in [6.45, 7) is 0. The molecule has 0 spiro atoms. The van der Waals surface area contributed by atoms with Crippen molar-refractivity contribution in [2.75, 3.05) is 5.32 Å². The molecule has 2 aromatic carbocycles. The van der Waals surface area contributed by atoms with Crippen LogP contribution in [-0.2, 0) is 0 Å². The molecule has 1 amide bonds. The summed E-state index contributed by atoms with van der Waals surface area (Å²) in [5, 5.41) is 16.8. The summed E-state index contributed by atoms with van der Waals surface area (Å²) in [5.41, 5.74) is 1.11. The second kappa shape index (κ2) is 7.37. The number of thiazole rings is 1. The van der Waals surface area contributed by atoms with E-state index in [1.54, 1.807) is 24.3 Å². The number of nitrogens with one attached hydrogen (secondary N) is 2. The van der Waals surface area contributed by atoms with Gasteiger partial charge in [0.15, 0.2) is 10.2 Å². The largest absolute Gasteiger partial charge is 0.308 e. The maximum atomic E-state index is 12.2. The molecular weight excluding hydrogens is 475 g/mol. The molecule has 0 fully saturated rings. The van der Waals surface area contributed by atoms with Crippen LogP contribution in [0.3, 0.4) is 0 Å². The lowest BCUT2D eigenvalue weighted by atomic mass is 10.2. The van der Waals surface area contributed by atoms with E-state index in [-0.39, 0.29) is 16.7 Å². The van der Waals surface area contributed by atoms with Crippen molar-refractivity contribution < 1.29 is 9.72 Å². The van der Waals surface area contributed by atoms with Crippen LogP contribution in [0, 0.1) is 13.7 Å². The molecule has 7 nitrogen and oxygen atoms in total. The van der Waals surface area contributed by atoms with Crippen LogP contribution in [0.5, 0.6) is 0 Å². The molecule has 2 N–H and O–H groups in total. The Morgan fingerprint density at radius 3 is 2.80 bits per heavy atom. The molecule has 0 saturated carbocycles. The first-order valence-electron chi connectivity index (χ1n) is 6.85. The van der Waals surface area contributed by atoms with Gasteiger partial charge in [-0.3, -0.25) is 20.2 Å². The van der Waals surface area contributed by atoms with Crippen molar-refractivity contribution >= 4 is 78.2 Å². The highest BCUT2D eigenvalue weighted by Crippen LogP contribution is 2.29. The first kappa shape index (κ1) is 17.6. The molecule has 0 radical (unpaired) electrons. The van der Waals surface area contributed by atoms with Crippen LogP contribution in [0.1, 0.15) is 10.4 Å². The first-order valence-corrected chi connectivity index (χ1v) is 9.15. The molecule has 1 aromatic heterocycles. The summed E-state index contributed by atoms with van der Waals surface area (Å²) in [6, 6.07) is 11.5. The average Bonchev–Trinajstić information content (AvgIpc) is 2.95. The van der Waals surface area contributed by atoms with Crippen LogP contribution in [-0.4, -0.2) is 20.9 Å². The van der Waals surface area contributed by atoms with Gasteiger partial charge in [-0.15, -0.1) is 0 Å². The summed E-state index contributed by atoms with van der Waals surface area (Å²) in [6.07, 6.45) is 0. The zero-order valence-electron chi connectivity index (χ0n) is 12.4. The fourth-order valence-electron chi connectivity index (χ4n) is 2.01. The fourth-order valence-corrected chi connectivity index (χ4v) is 3.71. The summed E-state index contributed by atoms with van der Waals surface area (Å²) in [4.78, 5) is 26.8. The van der Waals surface area contributed by atoms with Gasteiger partial charge in [-0.1, -0.05) is 17.4 Å². The molecule has 3 aromatic rings. The lowest BCUT2D eigenvalue weighted by Gasteiger charge is -2.07. The summed E-state index contributed by atoms with van der Waals surface area (Å²) >= 11 is 8.47. The lowest BCUT2D eigenvalue weighted by Crippen LogP contribution is -2.34. The second-order valence-corrected chi connectivity index (χ2v) is 7.53. The minimum atomic E-state index is -0.460. The minimum Gasteiger partial charge on any atom is -0.308 e.